The highest BCUT2D eigenvalue weighted by molar-refractivity contribution is 9.10. The van der Waals surface area contributed by atoms with E-state index >= 15 is 0 Å². The molecule has 0 aliphatic heterocycles. The summed E-state index contributed by atoms with van der Waals surface area (Å²) < 4.78 is 64.1. The number of sulfonamides is 1. The van der Waals surface area contributed by atoms with Crippen LogP contribution < -0.4 is 4.72 Å². The minimum absolute atomic E-state index is 0.207. The highest BCUT2D eigenvalue weighted by Crippen LogP contribution is 2.30. The molecule has 0 radical (unpaired) electrons. The van der Waals surface area contributed by atoms with Crippen molar-refractivity contribution in [1.82, 2.24) is 4.98 Å². The number of nitrogens with zero attached hydrogens (tertiary/aromatic N) is 1. The fourth-order valence-electron chi connectivity index (χ4n) is 1.47. The zero-order valence-electron chi connectivity index (χ0n) is 10.2. The van der Waals surface area contributed by atoms with Crippen molar-refractivity contribution in [2.75, 3.05) is 4.72 Å². The van der Waals surface area contributed by atoms with Crippen LogP contribution in [0.2, 0.25) is 0 Å². The van der Waals surface area contributed by atoms with Crippen LogP contribution >= 0.6 is 15.9 Å². The Morgan fingerprint density at radius 3 is 2.14 bits per heavy atom. The summed E-state index contributed by atoms with van der Waals surface area (Å²) in [6, 6.07) is 6.24. The predicted octanol–water partition coefficient (Wildman–Crippen LogP) is 3.66. The van der Waals surface area contributed by atoms with Crippen molar-refractivity contribution in [2.24, 2.45) is 0 Å². The molecule has 4 nitrogen and oxygen atoms in total. The Labute approximate surface area is 127 Å². The molecule has 0 fully saturated rings. The molecular weight excluding hydrogens is 373 g/mol. The number of anilines is 1. The van der Waals surface area contributed by atoms with Crippen molar-refractivity contribution in [3.05, 3.63) is 52.8 Å². The fourth-order valence-corrected chi connectivity index (χ4v) is 2.75. The summed E-state index contributed by atoms with van der Waals surface area (Å²) in [5, 5.41) is 0. The summed E-state index contributed by atoms with van der Waals surface area (Å²) in [6.45, 7) is 0. The smallest absolute Gasteiger partial charge is 0.278 e. The van der Waals surface area contributed by atoms with Crippen LogP contribution in [0.15, 0.2) is 52.1 Å². The van der Waals surface area contributed by atoms with Crippen LogP contribution in [0.1, 0.15) is 5.56 Å². The van der Waals surface area contributed by atoms with Gasteiger partial charge in [-0.25, -0.2) is 13.4 Å². The first-order valence-corrected chi connectivity index (χ1v) is 7.78. The first kappa shape index (κ1) is 15.8. The molecule has 1 aromatic heterocycles. The number of pyridine rings is 1. The normalized spacial score (nSPS) is 12.2. The lowest BCUT2D eigenvalue weighted by atomic mass is 10.2. The second-order valence-electron chi connectivity index (χ2n) is 4.00. The number of alkyl halides is 3. The standard InChI is InChI=1S/C12H8BrF3N2O2S/c13-11-6-3-9(7-17-11)18-21(19,20)10-4-1-8(2-5-10)12(14,15)16/h1-7,18H. The van der Waals surface area contributed by atoms with Gasteiger partial charge in [0.2, 0.25) is 0 Å². The van der Waals surface area contributed by atoms with Crippen molar-refractivity contribution in [2.45, 2.75) is 11.1 Å². The molecule has 1 aromatic carbocycles. The molecule has 2 aromatic rings. The molecule has 0 saturated carbocycles. The predicted molar refractivity (Wildman–Crippen MR) is 74.2 cm³/mol. The minimum atomic E-state index is -4.51. The van der Waals surface area contributed by atoms with Crippen LogP contribution in [-0.2, 0) is 16.2 Å². The van der Waals surface area contributed by atoms with E-state index < -0.39 is 21.8 Å². The van der Waals surface area contributed by atoms with Gasteiger partial charge in [0.05, 0.1) is 22.3 Å². The number of halogens is 4. The maximum atomic E-state index is 12.4. The SMILES string of the molecule is O=S(=O)(Nc1ccc(Br)nc1)c1ccc(C(F)(F)F)cc1. The summed E-state index contributed by atoms with van der Waals surface area (Å²) in [6.07, 6.45) is -3.23. The number of rotatable bonds is 3. The molecule has 0 spiro atoms. The lowest BCUT2D eigenvalue weighted by Crippen LogP contribution is -2.13. The Bertz CT molecular complexity index is 729. The van der Waals surface area contributed by atoms with Crippen molar-refractivity contribution < 1.29 is 21.6 Å². The van der Waals surface area contributed by atoms with Gasteiger partial charge in [-0.05, 0) is 52.3 Å². The number of nitrogens with one attached hydrogen (secondary N) is 1. The molecular formula is C12H8BrF3N2O2S. The highest BCUT2D eigenvalue weighted by Gasteiger charge is 2.30. The molecule has 112 valence electrons. The summed E-state index contributed by atoms with van der Waals surface area (Å²) in [5.74, 6) is 0. The van der Waals surface area contributed by atoms with Crippen LogP contribution in [0, 0.1) is 0 Å². The van der Waals surface area contributed by atoms with Crippen LogP contribution in [0.3, 0.4) is 0 Å². The lowest BCUT2D eigenvalue weighted by Gasteiger charge is -2.10. The largest absolute Gasteiger partial charge is 0.416 e. The van der Waals surface area contributed by atoms with Gasteiger partial charge in [0.1, 0.15) is 4.60 Å². The maximum Gasteiger partial charge on any atom is 0.416 e. The Morgan fingerprint density at radius 2 is 1.67 bits per heavy atom. The second kappa shape index (κ2) is 5.64. The van der Waals surface area contributed by atoms with Gasteiger partial charge in [-0.1, -0.05) is 0 Å². The number of hydrogen-bond donors (Lipinski definition) is 1. The van der Waals surface area contributed by atoms with Gasteiger partial charge in [0.15, 0.2) is 0 Å². The highest BCUT2D eigenvalue weighted by atomic mass is 79.9. The molecule has 0 bridgehead atoms. The van der Waals surface area contributed by atoms with E-state index in [9.17, 15) is 21.6 Å². The van der Waals surface area contributed by atoms with E-state index in [0.29, 0.717) is 16.7 Å². The van der Waals surface area contributed by atoms with E-state index in [1.165, 1.54) is 18.3 Å². The van der Waals surface area contributed by atoms with Gasteiger partial charge in [0, 0.05) is 0 Å². The lowest BCUT2D eigenvalue weighted by molar-refractivity contribution is -0.137. The van der Waals surface area contributed by atoms with Crippen molar-refractivity contribution in [3.8, 4) is 0 Å². The van der Waals surface area contributed by atoms with Gasteiger partial charge in [-0.3, -0.25) is 4.72 Å². The molecule has 0 unspecified atom stereocenters. The maximum absolute atomic E-state index is 12.4. The third kappa shape index (κ3) is 3.94. The van der Waals surface area contributed by atoms with Crippen LogP contribution in [0.25, 0.3) is 0 Å². The Morgan fingerprint density at radius 1 is 1.05 bits per heavy atom. The van der Waals surface area contributed by atoms with Crippen molar-refractivity contribution in [3.63, 3.8) is 0 Å². The summed E-state index contributed by atoms with van der Waals surface area (Å²) in [7, 11) is -3.96. The topological polar surface area (TPSA) is 59.1 Å². The fraction of sp³-hybridized carbons (Fsp3) is 0.0833. The molecule has 21 heavy (non-hydrogen) atoms. The van der Waals surface area contributed by atoms with Gasteiger partial charge >= 0.3 is 6.18 Å². The van der Waals surface area contributed by atoms with E-state index in [2.05, 4.69) is 25.6 Å². The second-order valence-corrected chi connectivity index (χ2v) is 6.49. The third-order valence-electron chi connectivity index (χ3n) is 2.47. The summed E-state index contributed by atoms with van der Waals surface area (Å²) >= 11 is 3.10. The first-order chi connectivity index (χ1) is 9.68. The minimum Gasteiger partial charge on any atom is -0.278 e. The Hall–Kier alpha value is -1.61. The van der Waals surface area contributed by atoms with E-state index in [1.807, 2.05) is 0 Å². The van der Waals surface area contributed by atoms with Crippen molar-refractivity contribution >= 4 is 31.6 Å². The number of hydrogen-bond acceptors (Lipinski definition) is 3. The molecule has 0 amide bonds. The summed E-state index contributed by atoms with van der Waals surface area (Å²) in [5.41, 5.74) is -0.704. The zero-order valence-corrected chi connectivity index (χ0v) is 12.6. The van der Waals surface area contributed by atoms with E-state index in [1.54, 1.807) is 0 Å². The van der Waals surface area contributed by atoms with E-state index in [4.69, 9.17) is 0 Å². The molecule has 1 heterocycles. The Kier molecular flexibility index (Phi) is 4.24. The monoisotopic (exact) mass is 380 g/mol. The van der Waals surface area contributed by atoms with Gasteiger partial charge < -0.3 is 0 Å². The molecule has 1 N–H and O–H groups in total. The Balaban J connectivity index is 2.25. The molecule has 0 aliphatic carbocycles. The number of benzene rings is 1. The summed E-state index contributed by atoms with van der Waals surface area (Å²) in [4.78, 5) is 3.58. The van der Waals surface area contributed by atoms with Gasteiger partial charge in [0.25, 0.3) is 10.0 Å². The molecule has 2 rings (SSSR count). The molecule has 0 saturated heterocycles. The van der Waals surface area contributed by atoms with E-state index in [-0.39, 0.29) is 10.6 Å². The van der Waals surface area contributed by atoms with Crippen molar-refractivity contribution in [1.29, 1.82) is 0 Å². The van der Waals surface area contributed by atoms with Gasteiger partial charge in [-0.15, -0.1) is 0 Å². The van der Waals surface area contributed by atoms with Crippen LogP contribution in [0.5, 0.6) is 0 Å². The van der Waals surface area contributed by atoms with Crippen LogP contribution in [-0.4, -0.2) is 13.4 Å². The quantitative estimate of drug-likeness (QED) is 0.826. The zero-order chi connectivity index (χ0) is 15.7. The number of aromatic nitrogens is 1. The average Bonchev–Trinajstić information content (AvgIpc) is 2.40. The molecule has 0 atom stereocenters. The third-order valence-corrected chi connectivity index (χ3v) is 4.34. The molecule has 9 heteroatoms. The van der Waals surface area contributed by atoms with Crippen LogP contribution in [0.4, 0.5) is 18.9 Å². The van der Waals surface area contributed by atoms with E-state index in [0.717, 1.165) is 12.1 Å². The first-order valence-electron chi connectivity index (χ1n) is 5.50. The van der Waals surface area contributed by atoms with Gasteiger partial charge in [-0.2, -0.15) is 13.2 Å². The average molecular weight is 381 g/mol. The molecule has 0 aliphatic rings.